The van der Waals surface area contributed by atoms with Gasteiger partial charge in [0.05, 0.1) is 5.92 Å². The molecular weight excluding hydrogens is 340 g/mol. The van der Waals surface area contributed by atoms with Gasteiger partial charge in [-0.2, -0.15) is 0 Å². The van der Waals surface area contributed by atoms with Gasteiger partial charge >= 0.3 is 0 Å². The molecule has 0 radical (unpaired) electrons. The molecule has 1 fully saturated rings. The minimum Gasteiger partial charge on any atom is -0.340 e. The zero-order chi connectivity index (χ0) is 15.8. The standard InChI is InChI=1S/C19H20N2OS.ClH/c20-17-11-21(10-15(17)13-6-2-1-3-7-13)19(22)16-12-23-18-9-5-4-8-14(16)18;/h1-9,15-17H,10-12,20H2;1H/t15-,16?,17+;/m0./s1. The maximum atomic E-state index is 13.0. The molecule has 2 aromatic rings. The van der Waals surface area contributed by atoms with Crippen LogP contribution < -0.4 is 5.73 Å². The molecular formula is C19H21ClN2OS. The highest BCUT2D eigenvalue weighted by molar-refractivity contribution is 7.99. The lowest BCUT2D eigenvalue weighted by molar-refractivity contribution is -0.131. The zero-order valence-electron chi connectivity index (χ0n) is 13.3. The molecule has 1 amide bonds. The number of amides is 1. The van der Waals surface area contributed by atoms with E-state index in [1.807, 2.05) is 35.2 Å². The Labute approximate surface area is 153 Å². The molecule has 1 saturated heterocycles. The summed E-state index contributed by atoms with van der Waals surface area (Å²) >= 11 is 1.78. The number of nitrogens with two attached hydrogens (primary N) is 1. The second-order valence-corrected chi connectivity index (χ2v) is 7.39. The van der Waals surface area contributed by atoms with Gasteiger partial charge in [0.2, 0.25) is 5.91 Å². The lowest BCUT2D eigenvalue weighted by Crippen LogP contribution is -2.35. The normalized spacial score (nSPS) is 25.2. The van der Waals surface area contributed by atoms with Crippen molar-refractivity contribution in [1.82, 2.24) is 4.90 Å². The van der Waals surface area contributed by atoms with Crippen LogP contribution >= 0.6 is 24.2 Å². The smallest absolute Gasteiger partial charge is 0.231 e. The Morgan fingerprint density at radius 2 is 1.75 bits per heavy atom. The van der Waals surface area contributed by atoms with Crippen molar-refractivity contribution in [3.63, 3.8) is 0 Å². The monoisotopic (exact) mass is 360 g/mol. The van der Waals surface area contributed by atoms with Crippen molar-refractivity contribution < 1.29 is 4.79 Å². The van der Waals surface area contributed by atoms with Gasteiger partial charge in [-0.1, -0.05) is 48.5 Å². The second-order valence-electron chi connectivity index (χ2n) is 6.33. The number of halogens is 1. The van der Waals surface area contributed by atoms with E-state index in [2.05, 4.69) is 24.3 Å². The molecule has 4 rings (SSSR count). The van der Waals surface area contributed by atoms with E-state index in [0.29, 0.717) is 6.54 Å². The van der Waals surface area contributed by atoms with Crippen LogP contribution in [0.2, 0.25) is 0 Å². The molecule has 1 unspecified atom stereocenters. The minimum atomic E-state index is -0.0158. The number of carbonyl (C=O) groups excluding carboxylic acids is 1. The van der Waals surface area contributed by atoms with Crippen LogP contribution in [0.5, 0.6) is 0 Å². The van der Waals surface area contributed by atoms with Gasteiger partial charge in [0, 0.05) is 35.7 Å². The van der Waals surface area contributed by atoms with Crippen molar-refractivity contribution in [2.45, 2.75) is 22.8 Å². The van der Waals surface area contributed by atoms with E-state index in [4.69, 9.17) is 5.73 Å². The van der Waals surface area contributed by atoms with Gasteiger partial charge in [-0.25, -0.2) is 0 Å². The number of nitrogens with zero attached hydrogens (tertiary/aromatic N) is 1. The number of fused-ring (bicyclic) bond motifs is 1. The lowest BCUT2D eigenvalue weighted by atomic mass is 9.95. The Kier molecular flexibility index (Phi) is 5.18. The van der Waals surface area contributed by atoms with Crippen molar-refractivity contribution in [1.29, 1.82) is 0 Å². The van der Waals surface area contributed by atoms with Gasteiger partial charge < -0.3 is 10.6 Å². The van der Waals surface area contributed by atoms with Crippen LogP contribution in [-0.2, 0) is 4.79 Å². The van der Waals surface area contributed by atoms with Crippen LogP contribution in [0.15, 0.2) is 59.5 Å². The van der Waals surface area contributed by atoms with Gasteiger partial charge in [-0.3, -0.25) is 4.79 Å². The maximum absolute atomic E-state index is 13.0. The van der Waals surface area contributed by atoms with E-state index in [9.17, 15) is 4.79 Å². The number of likely N-dealkylation sites (tertiary alicyclic amines) is 1. The van der Waals surface area contributed by atoms with E-state index in [1.54, 1.807) is 11.8 Å². The van der Waals surface area contributed by atoms with E-state index in [-0.39, 0.29) is 36.2 Å². The van der Waals surface area contributed by atoms with Crippen molar-refractivity contribution in [3.05, 3.63) is 65.7 Å². The van der Waals surface area contributed by atoms with Crippen molar-refractivity contribution in [3.8, 4) is 0 Å². The molecule has 2 heterocycles. The first-order chi connectivity index (χ1) is 11.2. The zero-order valence-corrected chi connectivity index (χ0v) is 14.9. The minimum absolute atomic E-state index is 0. The quantitative estimate of drug-likeness (QED) is 0.894. The Morgan fingerprint density at radius 3 is 2.54 bits per heavy atom. The third-order valence-corrected chi connectivity index (χ3v) is 6.09. The molecule has 0 saturated carbocycles. The summed E-state index contributed by atoms with van der Waals surface area (Å²) in [4.78, 5) is 16.2. The molecule has 0 spiro atoms. The number of rotatable bonds is 2. The first kappa shape index (κ1) is 17.3. The topological polar surface area (TPSA) is 46.3 Å². The number of hydrogen-bond acceptors (Lipinski definition) is 3. The van der Waals surface area contributed by atoms with Crippen LogP contribution in [0.25, 0.3) is 0 Å². The fraction of sp³-hybridized carbons (Fsp3) is 0.316. The molecule has 5 heteroatoms. The predicted molar refractivity (Wildman–Crippen MR) is 101 cm³/mol. The van der Waals surface area contributed by atoms with Crippen molar-refractivity contribution >= 4 is 30.1 Å². The molecule has 2 aromatic carbocycles. The molecule has 3 nitrogen and oxygen atoms in total. The fourth-order valence-corrected chi connectivity index (χ4v) is 4.87. The number of thioether (sulfide) groups is 1. The summed E-state index contributed by atoms with van der Waals surface area (Å²) in [5, 5.41) is 0. The summed E-state index contributed by atoms with van der Waals surface area (Å²) in [5.74, 6) is 1.30. The summed E-state index contributed by atoms with van der Waals surface area (Å²) in [6, 6.07) is 18.6. The SMILES string of the molecule is Cl.N[C@@H]1CN(C(=O)C2CSc3ccccc32)C[C@H]1c1ccccc1. The molecule has 2 aliphatic heterocycles. The van der Waals surface area contributed by atoms with Crippen LogP contribution in [0.1, 0.15) is 23.0 Å². The highest BCUT2D eigenvalue weighted by Gasteiger charge is 2.38. The lowest BCUT2D eigenvalue weighted by Gasteiger charge is -2.21. The Morgan fingerprint density at radius 1 is 1.04 bits per heavy atom. The summed E-state index contributed by atoms with van der Waals surface area (Å²) in [6.45, 7) is 1.38. The molecule has 2 N–H and O–H groups in total. The summed E-state index contributed by atoms with van der Waals surface area (Å²) in [5.41, 5.74) is 8.75. The van der Waals surface area contributed by atoms with Crippen LogP contribution in [0, 0.1) is 0 Å². The molecule has 0 aliphatic carbocycles. The van der Waals surface area contributed by atoms with E-state index >= 15 is 0 Å². The molecule has 24 heavy (non-hydrogen) atoms. The largest absolute Gasteiger partial charge is 0.340 e. The van der Waals surface area contributed by atoms with Crippen LogP contribution in [0.4, 0.5) is 0 Å². The predicted octanol–water partition coefficient (Wildman–Crippen LogP) is 3.25. The molecule has 3 atom stereocenters. The Hall–Kier alpha value is -1.49. The number of benzene rings is 2. The third-order valence-electron chi connectivity index (χ3n) is 4.90. The molecule has 0 aromatic heterocycles. The summed E-state index contributed by atoms with van der Waals surface area (Å²) in [7, 11) is 0. The first-order valence-electron chi connectivity index (χ1n) is 8.05. The van der Waals surface area contributed by atoms with E-state index in [0.717, 1.165) is 12.3 Å². The van der Waals surface area contributed by atoms with Gasteiger partial charge in [0.1, 0.15) is 0 Å². The second kappa shape index (κ2) is 7.18. The molecule has 2 aliphatic rings. The molecule has 126 valence electrons. The van der Waals surface area contributed by atoms with Gasteiger partial charge in [0.15, 0.2) is 0 Å². The highest BCUT2D eigenvalue weighted by atomic mass is 35.5. The molecule has 0 bridgehead atoms. The van der Waals surface area contributed by atoms with Crippen molar-refractivity contribution in [2.24, 2.45) is 5.73 Å². The third kappa shape index (κ3) is 3.06. The van der Waals surface area contributed by atoms with E-state index in [1.165, 1.54) is 16.0 Å². The summed E-state index contributed by atoms with van der Waals surface area (Å²) < 4.78 is 0. The Balaban J connectivity index is 0.00000169. The maximum Gasteiger partial charge on any atom is 0.231 e. The van der Waals surface area contributed by atoms with Gasteiger partial charge in [-0.15, -0.1) is 24.2 Å². The van der Waals surface area contributed by atoms with Crippen LogP contribution in [0.3, 0.4) is 0 Å². The first-order valence-corrected chi connectivity index (χ1v) is 9.03. The fourth-order valence-electron chi connectivity index (χ4n) is 3.65. The van der Waals surface area contributed by atoms with Gasteiger partial charge in [-0.05, 0) is 17.2 Å². The summed E-state index contributed by atoms with van der Waals surface area (Å²) in [6.07, 6.45) is 0. The van der Waals surface area contributed by atoms with E-state index < -0.39 is 0 Å². The number of hydrogen-bond donors (Lipinski definition) is 1. The van der Waals surface area contributed by atoms with Gasteiger partial charge in [0.25, 0.3) is 0 Å². The Bertz CT molecular complexity index is 724. The average Bonchev–Trinajstić information content (AvgIpc) is 3.19. The van der Waals surface area contributed by atoms with Crippen LogP contribution in [-0.4, -0.2) is 35.7 Å². The van der Waals surface area contributed by atoms with Crippen molar-refractivity contribution in [2.75, 3.05) is 18.8 Å². The number of carbonyl (C=O) groups is 1. The highest BCUT2D eigenvalue weighted by Crippen LogP contribution is 2.41. The average molecular weight is 361 g/mol.